The summed E-state index contributed by atoms with van der Waals surface area (Å²) < 4.78 is 30.7. The van der Waals surface area contributed by atoms with Crippen LogP contribution >= 0.6 is 0 Å². The van der Waals surface area contributed by atoms with Crippen molar-refractivity contribution < 1.29 is 37.8 Å². The Morgan fingerprint density at radius 3 is 2.38 bits per heavy atom. The molecule has 9 heteroatoms. The van der Waals surface area contributed by atoms with Crippen molar-refractivity contribution >= 4 is 10.1 Å². The predicted molar refractivity (Wildman–Crippen MR) is 49.7 cm³/mol. The lowest BCUT2D eigenvalue weighted by molar-refractivity contribution is -0.134. The van der Waals surface area contributed by atoms with E-state index < -0.39 is 47.4 Å². The molecule has 0 radical (unpaired) electrons. The van der Waals surface area contributed by atoms with Crippen LogP contribution in [0, 0.1) is 0 Å². The zero-order valence-corrected chi connectivity index (χ0v) is 9.24. The first-order valence-electron chi connectivity index (χ1n) is 4.45. The normalized spacial score (nSPS) is 37.6. The van der Waals surface area contributed by atoms with E-state index in [0.717, 1.165) is 6.26 Å². The second kappa shape index (κ2) is 4.92. The summed E-state index contributed by atoms with van der Waals surface area (Å²) >= 11 is 0. The molecule has 1 rings (SSSR count). The molecule has 1 fully saturated rings. The van der Waals surface area contributed by atoms with Gasteiger partial charge in [0.2, 0.25) is 6.29 Å². The minimum absolute atomic E-state index is 0.694. The molecule has 96 valence electrons. The number of rotatable bonds is 4. The van der Waals surface area contributed by atoms with Crippen LogP contribution in [-0.2, 0) is 19.0 Å². The molecule has 8 nitrogen and oxygen atoms in total. The molecule has 0 aliphatic carbocycles. The van der Waals surface area contributed by atoms with Gasteiger partial charge in [0.15, 0.2) is 0 Å². The third-order valence-electron chi connectivity index (χ3n) is 2.09. The maximum atomic E-state index is 10.8. The Morgan fingerprint density at radius 2 is 1.94 bits per heavy atom. The SMILES string of the molecule is CS(=O)(=O)O[C@H]1O[C@H]([C@H](O)CO)[C@H](O)[C@H]1O. The Hall–Kier alpha value is -0.290. The molecule has 16 heavy (non-hydrogen) atoms. The average molecular weight is 258 g/mol. The summed E-state index contributed by atoms with van der Waals surface area (Å²) in [6.07, 6.45) is -6.71. The molecule has 0 bridgehead atoms. The molecular formula is C7H14O8S. The summed E-state index contributed by atoms with van der Waals surface area (Å²) in [4.78, 5) is 0. The van der Waals surface area contributed by atoms with Gasteiger partial charge >= 0.3 is 0 Å². The fraction of sp³-hybridized carbons (Fsp3) is 1.00. The van der Waals surface area contributed by atoms with Crippen LogP contribution in [0.15, 0.2) is 0 Å². The standard InChI is InChI=1S/C7H14O8S/c1-16(12,13)15-7-5(11)4(10)6(14-7)3(9)2-8/h3-11H,2H2,1H3/t3-,4-,5-,6-,7-/m1/s1. The molecule has 0 amide bonds. The summed E-state index contributed by atoms with van der Waals surface area (Å²) in [6.45, 7) is -0.694. The molecule has 0 saturated carbocycles. The third kappa shape index (κ3) is 3.10. The number of aliphatic hydroxyl groups excluding tert-OH is 4. The van der Waals surface area contributed by atoms with Crippen molar-refractivity contribution in [2.75, 3.05) is 12.9 Å². The van der Waals surface area contributed by atoms with E-state index in [1.54, 1.807) is 0 Å². The second-order valence-electron chi connectivity index (χ2n) is 3.50. The van der Waals surface area contributed by atoms with Crippen molar-refractivity contribution in [3.05, 3.63) is 0 Å². The first kappa shape index (κ1) is 13.8. The van der Waals surface area contributed by atoms with Crippen LogP contribution in [0.4, 0.5) is 0 Å². The smallest absolute Gasteiger partial charge is 0.266 e. The van der Waals surface area contributed by atoms with E-state index in [1.165, 1.54) is 0 Å². The third-order valence-corrected chi connectivity index (χ3v) is 2.63. The largest absolute Gasteiger partial charge is 0.394 e. The van der Waals surface area contributed by atoms with Crippen LogP contribution in [0.5, 0.6) is 0 Å². The van der Waals surface area contributed by atoms with E-state index in [0.29, 0.717) is 0 Å². The molecule has 0 unspecified atom stereocenters. The van der Waals surface area contributed by atoms with Gasteiger partial charge in [-0.2, -0.15) is 8.42 Å². The quantitative estimate of drug-likeness (QED) is 0.387. The van der Waals surface area contributed by atoms with Crippen LogP contribution in [0.3, 0.4) is 0 Å². The van der Waals surface area contributed by atoms with E-state index in [-0.39, 0.29) is 0 Å². The van der Waals surface area contributed by atoms with Crippen LogP contribution in [-0.4, -0.2) is 72.4 Å². The molecule has 0 aromatic heterocycles. The summed E-state index contributed by atoms with van der Waals surface area (Å²) in [7, 11) is -3.86. The van der Waals surface area contributed by atoms with Gasteiger partial charge in [-0.15, -0.1) is 0 Å². The molecule has 4 N–H and O–H groups in total. The monoisotopic (exact) mass is 258 g/mol. The highest BCUT2D eigenvalue weighted by molar-refractivity contribution is 7.86. The van der Waals surface area contributed by atoms with Crippen LogP contribution in [0.1, 0.15) is 0 Å². The van der Waals surface area contributed by atoms with Crippen LogP contribution < -0.4 is 0 Å². The number of hydrogen-bond donors (Lipinski definition) is 4. The first-order chi connectivity index (χ1) is 7.26. The lowest BCUT2D eigenvalue weighted by Crippen LogP contribution is -2.40. The zero-order valence-electron chi connectivity index (χ0n) is 8.42. The fourth-order valence-electron chi connectivity index (χ4n) is 1.35. The Kier molecular flexibility index (Phi) is 4.23. The topological polar surface area (TPSA) is 134 Å². The second-order valence-corrected chi connectivity index (χ2v) is 5.10. The van der Waals surface area contributed by atoms with Gasteiger partial charge in [0.1, 0.15) is 24.4 Å². The first-order valence-corrected chi connectivity index (χ1v) is 6.26. The Morgan fingerprint density at radius 1 is 1.38 bits per heavy atom. The maximum absolute atomic E-state index is 10.8. The van der Waals surface area contributed by atoms with Crippen molar-refractivity contribution in [1.29, 1.82) is 0 Å². The Labute approximate surface area is 92.2 Å². The van der Waals surface area contributed by atoms with Crippen molar-refractivity contribution in [2.24, 2.45) is 0 Å². The predicted octanol–water partition coefficient (Wildman–Crippen LogP) is -3.24. The molecule has 5 atom stereocenters. The van der Waals surface area contributed by atoms with Crippen LogP contribution in [0.2, 0.25) is 0 Å². The van der Waals surface area contributed by atoms with Crippen LogP contribution in [0.25, 0.3) is 0 Å². The number of aliphatic hydroxyl groups is 4. The van der Waals surface area contributed by atoms with Crippen molar-refractivity contribution in [3.63, 3.8) is 0 Å². The highest BCUT2D eigenvalue weighted by atomic mass is 32.2. The Balaban J connectivity index is 2.72. The van der Waals surface area contributed by atoms with E-state index in [4.69, 9.17) is 9.84 Å². The highest BCUT2D eigenvalue weighted by Gasteiger charge is 2.47. The Bertz CT molecular complexity index is 327. The van der Waals surface area contributed by atoms with E-state index in [1.807, 2.05) is 0 Å². The van der Waals surface area contributed by atoms with Gasteiger partial charge in [-0.25, -0.2) is 4.18 Å². The van der Waals surface area contributed by atoms with Gasteiger partial charge in [0.25, 0.3) is 10.1 Å². The fourth-order valence-corrected chi connectivity index (χ4v) is 1.85. The van der Waals surface area contributed by atoms with Gasteiger partial charge in [-0.1, -0.05) is 0 Å². The number of ether oxygens (including phenoxy) is 1. The molecule has 0 spiro atoms. The highest BCUT2D eigenvalue weighted by Crippen LogP contribution is 2.25. The zero-order chi connectivity index (χ0) is 12.5. The van der Waals surface area contributed by atoms with Crippen molar-refractivity contribution in [1.82, 2.24) is 0 Å². The summed E-state index contributed by atoms with van der Waals surface area (Å²) in [5.74, 6) is 0. The summed E-state index contributed by atoms with van der Waals surface area (Å²) in [5, 5.41) is 36.6. The van der Waals surface area contributed by atoms with Gasteiger partial charge in [-0.3, -0.25) is 0 Å². The molecule has 1 aliphatic heterocycles. The van der Waals surface area contributed by atoms with Gasteiger partial charge in [-0.05, 0) is 0 Å². The minimum atomic E-state index is -3.86. The van der Waals surface area contributed by atoms with Crippen molar-refractivity contribution in [3.8, 4) is 0 Å². The summed E-state index contributed by atoms with van der Waals surface area (Å²) in [6, 6.07) is 0. The summed E-state index contributed by atoms with van der Waals surface area (Å²) in [5.41, 5.74) is 0. The van der Waals surface area contributed by atoms with E-state index in [9.17, 15) is 23.7 Å². The lowest BCUT2D eigenvalue weighted by atomic mass is 10.1. The van der Waals surface area contributed by atoms with E-state index in [2.05, 4.69) is 4.18 Å². The maximum Gasteiger partial charge on any atom is 0.266 e. The molecule has 1 aliphatic rings. The molecular weight excluding hydrogens is 244 g/mol. The number of hydrogen-bond acceptors (Lipinski definition) is 8. The molecule has 1 saturated heterocycles. The van der Waals surface area contributed by atoms with E-state index >= 15 is 0 Å². The molecule has 0 aromatic rings. The van der Waals surface area contributed by atoms with Gasteiger partial charge in [0.05, 0.1) is 12.9 Å². The minimum Gasteiger partial charge on any atom is -0.394 e. The average Bonchev–Trinajstić information content (AvgIpc) is 2.43. The van der Waals surface area contributed by atoms with Gasteiger partial charge < -0.3 is 25.2 Å². The lowest BCUT2D eigenvalue weighted by Gasteiger charge is -2.18. The molecule has 0 aromatic carbocycles. The molecule has 1 heterocycles. The van der Waals surface area contributed by atoms with Gasteiger partial charge in [0, 0.05) is 0 Å². The van der Waals surface area contributed by atoms with Crippen molar-refractivity contribution in [2.45, 2.75) is 30.7 Å².